The third-order valence-electron chi connectivity index (χ3n) is 0.917. The van der Waals surface area contributed by atoms with Crippen LogP contribution < -0.4 is 0 Å². The molecule has 0 saturated carbocycles. The molecule has 0 aliphatic rings. The van der Waals surface area contributed by atoms with Crippen molar-refractivity contribution in [1.82, 2.24) is 0 Å². The Bertz CT molecular complexity index is 131. The molecule has 0 aromatic heterocycles. The molecule has 0 amide bonds. The largest absolute Gasteiger partial charge is 0.322 e. The summed E-state index contributed by atoms with van der Waals surface area (Å²) in [5.41, 5.74) is -2.20. The van der Waals surface area contributed by atoms with Gasteiger partial charge in [0.2, 0.25) is 5.69 Å². The maximum Gasteiger partial charge on any atom is 0.244 e. The maximum absolute atomic E-state index is 5.25. The standard InChI is InChI=1S/C6H15O2PS2.H2S/c1-3-5-7-9(10,11)8-6-4-2;/h3-6H2,1-2H3,(H,10,11);1H2. The Hall–Kier alpha value is 1.27. The Morgan fingerprint density at radius 2 is 1.50 bits per heavy atom. The SMILES string of the molecule is CCCOP(=S)(S)OCCC.S. The van der Waals surface area contributed by atoms with Crippen molar-refractivity contribution in [3.8, 4) is 0 Å². The van der Waals surface area contributed by atoms with E-state index < -0.39 is 5.69 Å². The zero-order chi connectivity index (χ0) is 8.74. The first-order valence-electron chi connectivity index (χ1n) is 3.74. The fraction of sp³-hybridized carbons (Fsp3) is 1.00. The van der Waals surface area contributed by atoms with Crippen LogP contribution in [0, 0.1) is 0 Å². The van der Waals surface area contributed by atoms with Crippen LogP contribution in [0.4, 0.5) is 0 Å². The Morgan fingerprint density at radius 3 is 1.75 bits per heavy atom. The van der Waals surface area contributed by atoms with Crippen LogP contribution in [0.15, 0.2) is 0 Å². The fourth-order valence-corrected chi connectivity index (χ4v) is 2.29. The molecule has 0 N–H and O–H groups in total. The van der Waals surface area contributed by atoms with Crippen molar-refractivity contribution in [3.05, 3.63) is 0 Å². The lowest BCUT2D eigenvalue weighted by molar-refractivity contribution is 0.260. The molecule has 0 aromatic carbocycles. The second kappa shape index (κ2) is 8.85. The summed E-state index contributed by atoms with van der Waals surface area (Å²) in [4.78, 5) is 0. The van der Waals surface area contributed by atoms with E-state index in [2.05, 4.69) is 12.2 Å². The highest BCUT2D eigenvalue weighted by Crippen LogP contribution is 2.53. The predicted octanol–water partition coefficient (Wildman–Crippen LogP) is 3.11. The number of hydrogen-bond donors (Lipinski definition) is 1. The molecule has 0 radical (unpaired) electrons. The lowest BCUT2D eigenvalue weighted by atomic mass is 10.5. The van der Waals surface area contributed by atoms with Crippen molar-refractivity contribution in [2.24, 2.45) is 0 Å². The second-order valence-electron chi connectivity index (χ2n) is 2.14. The minimum Gasteiger partial charge on any atom is -0.322 e. The Balaban J connectivity index is 0. The van der Waals surface area contributed by atoms with Gasteiger partial charge in [0.1, 0.15) is 0 Å². The Labute approximate surface area is 92.2 Å². The molecule has 0 rings (SSSR count). The van der Waals surface area contributed by atoms with Gasteiger partial charge in [-0.05, 0) is 24.6 Å². The molecule has 0 aliphatic carbocycles. The lowest BCUT2D eigenvalue weighted by Crippen LogP contribution is -1.92. The van der Waals surface area contributed by atoms with Crippen molar-refractivity contribution in [2.75, 3.05) is 13.2 Å². The average Bonchev–Trinajstić information content (AvgIpc) is 1.97. The van der Waals surface area contributed by atoms with E-state index in [1.54, 1.807) is 0 Å². The molecule has 0 fully saturated rings. The van der Waals surface area contributed by atoms with Crippen molar-refractivity contribution < 1.29 is 9.05 Å². The summed E-state index contributed by atoms with van der Waals surface area (Å²) in [6.45, 7) is 5.35. The zero-order valence-electron chi connectivity index (χ0n) is 7.45. The Kier molecular flexibility index (Phi) is 11.6. The van der Waals surface area contributed by atoms with E-state index in [-0.39, 0.29) is 13.5 Å². The van der Waals surface area contributed by atoms with Gasteiger partial charge in [-0.3, -0.25) is 0 Å². The van der Waals surface area contributed by atoms with E-state index in [4.69, 9.17) is 20.9 Å². The van der Waals surface area contributed by atoms with Gasteiger partial charge in [-0.1, -0.05) is 26.1 Å². The zero-order valence-corrected chi connectivity index (χ0v) is 11.1. The summed E-state index contributed by atoms with van der Waals surface area (Å²) in [5, 5.41) is 0. The highest BCUT2D eigenvalue weighted by Gasteiger charge is 2.10. The summed E-state index contributed by atoms with van der Waals surface area (Å²) >= 11 is 9.14. The minimum absolute atomic E-state index is 0. The minimum atomic E-state index is -2.20. The summed E-state index contributed by atoms with van der Waals surface area (Å²) in [6.07, 6.45) is 1.91. The van der Waals surface area contributed by atoms with Gasteiger partial charge in [-0.15, -0.1) is 0 Å². The second-order valence-corrected chi connectivity index (χ2v) is 7.42. The van der Waals surface area contributed by atoms with Crippen molar-refractivity contribution in [1.29, 1.82) is 0 Å². The van der Waals surface area contributed by atoms with Crippen LogP contribution >= 0.6 is 31.4 Å². The number of hydrogen-bond acceptors (Lipinski definition) is 3. The summed E-state index contributed by atoms with van der Waals surface area (Å²) in [6, 6.07) is 0. The van der Waals surface area contributed by atoms with E-state index >= 15 is 0 Å². The highest BCUT2D eigenvalue weighted by molar-refractivity contribution is 8.60. The molecule has 0 aliphatic heterocycles. The van der Waals surface area contributed by atoms with E-state index in [0.717, 1.165) is 12.8 Å². The third kappa shape index (κ3) is 9.36. The number of rotatable bonds is 6. The van der Waals surface area contributed by atoms with E-state index in [1.807, 2.05) is 13.8 Å². The van der Waals surface area contributed by atoms with Gasteiger partial charge in [0.25, 0.3) is 0 Å². The summed E-state index contributed by atoms with van der Waals surface area (Å²) in [7, 11) is 0. The number of thiol groups is 1. The van der Waals surface area contributed by atoms with Crippen molar-refractivity contribution in [3.63, 3.8) is 0 Å². The molecule has 0 unspecified atom stereocenters. The lowest BCUT2D eigenvalue weighted by Gasteiger charge is -2.15. The topological polar surface area (TPSA) is 18.5 Å². The van der Waals surface area contributed by atoms with Crippen molar-refractivity contribution in [2.45, 2.75) is 26.7 Å². The van der Waals surface area contributed by atoms with Gasteiger partial charge in [0.15, 0.2) is 0 Å². The summed E-state index contributed by atoms with van der Waals surface area (Å²) < 4.78 is 10.5. The van der Waals surface area contributed by atoms with E-state index in [1.165, 1.54) is 0 Å². The fourth-order valence-electron chi connectivity index (χ4n) is 0.451. The molecule has 0 atom stereocenters. The first-order valence-corrected chi connectivity index (χ1v) is 7.53. The van der Waals surface area contributed by atoms with Gasteiger partial charge < -0.3 is 9.05 Å². The first kappa shape index (κ1) is 15.7. The van der Waals surface area contributed by atoms with Crippen LogP contribution in [-0.2, 0) is 20.9 Å². The predicted molar refractivity (Wildman–Crippen MR) is 66.1 cm³/mol. The normalized spacial score (nSPS) is 10.9. The smallest absolute Gasteiger partial charge is 0.244 e. The van der Waals surface area contributed by atoms with Gasteiger partial charge >= 0.3 is 0 Å². The van der Waals surface area contributed by atoms with Crippen LogP contribution in [0.3, 0.4) is 0 Å². The molecule has 6 heteroatoms. The monoisotopic (exact) mass is 248 g/mol. The average molecular weight is 248 g/mol. The third-order valence-corrected chi connectivity index (χ3v) is 3.26. The van der Waals surface area contributed by atoms with Crippen LogP contribution in [0.1, 0.15) is 26.7 Å². The Morgan fingerprint density at radius 1 is 1.17 bits per heavy atom. The van der Waals surface area contributed by atoms with Crippen molar-refractivity contribution >= 4 is 43.2 Å². The molecule has 0 heterocycles. The van der Waals surface area contributed by atoms with Crippen LogP contribution in [0.25, 0.3) is 0 Å². The summed E-state index contributed by atoms with van der Waals surface area (Å²) in [5.74, 6) is 0. The molecule has 2 nitrogen and oxygen atoms in total. The molecule has 0 spiro atoms. The molecular formula is C6H17O2PS3. The van der Waals surface area contributed by atoms with Crippen LogP contribution in [0.2, 0.25) is 0 Å². The van der Waals surface area contributed by atoms with Crippen LogP contribution in [0.5, 0.6) is 0 Å². The van der Waals surface area contributed by atoms with Gasteiger partial charge in [0, 0.05) is 0 Å². The highest BCUT2D eigenvalue weighted by atomic mass is 32.9. The molecule has 12 heavy (non-hydrogen) atoms. The van der Waals surface area contributed by atoms with Gasteiger partial charge in [0.05, 0.1) is 13.2 Å². The molecule has 0 bridgehead atoms. The van der Waals surface area contributed by atoms with E-state index in [0.29, 0.717) is 13.2 Å². The molecule has 0 aromatic rings. The van der Waals surface area contributed by atoms with Gasteiger partial charge in [-0.25, -0.2) is 0 Å². The quantitative estimate of drug-likeness (QED) is 0.575. The van der Waals surface area contributed by atoms with E-state index in [9.17, 15) is 0 Å². The first-order chi connectivity index (χ1) is 5.12. The van der Waals surface area contributed by atoms with Crippen LogP contribution in [-0.4, -0.2) is 13.2 Å². The molecule has 0 saturated heterocycles. The molecule has 76 valence electrons. The van der Waals surface area contributed by atoms with Gasteiger partial charge in [-0.2, -0.15) is 13.5 Å². The molecular weight excluding hydrogens is 231 g/mol. The maximum atomic E-state index is 5.25.